The van der Waals surface area contributed by atoms with E-state index in [9.17, 15) is 4.79 Å². The molecule has 1 fully saturated rings. The van der Waals surface area contributed by atoms with Crippen molar-refractivity contribution in [2.75, 3.05) is 0 Å². The summed E-state index contributed by atoms with van der Waals surface area (Å²) < 4.78 is 0. The van der Waals surface area contributed by atoms with Gasteiger partial charge in [0.1, 0.15) is 5.15 Å². The molecule has 2 nitrogen and oxygen atoms in total. The number of nitrogens with zero attached hydrogens (tertiary/aromatic N) is 1. The second-order valence-electron chi connectivity index (χ2n) is 4.24. The average molecular weight is 224 g/mol. The van der Waals surface area contributed by atoms with Gasteiger partial charge in [0.15, 0.2) is 5.78 Å². The van der Waals surface area contributed by atoms with Gasteiger partial charge in [-0.05, 0) is 38.3 Å². The molecule has 0 atom stereocenters. The van der Waals surface area contributed by atoms with E-state index in [1.54, 1.807) is 0 Å². The Balaban J connectivity index is 2.38. The number of aryl methyl sites for hydroxylation is 2. The van der Waals surface area contributed by atoms with Gasteiger partial charge in [0, 0.05) is 11.6 Å². The largest absolute Gasteiger partial charge is 0.294 e. The minimum Gasteiger partial charge on any atom is -0.294 e. The number of rotatable bonds is 2. The Morgan fingerprint density at radius 2 is 2.13 bits per heavy atom. The van der Waals surface area contributed by atoms with Crippen molar-refractivity contribution in [1.82, 2.24) is 4.98 Å². The van der Waals surface area contributed by atoms with Gasteiger partial charge in [0.2, 0.25) is 0 Å². The van der Waals surface area contributed by atoms with Crippen molar-refractivity contribution in [2.24, 2.45) is 5.92 Å². The SMILES string of the molecule is Cc1cc(C)c(C(=O)C2CCC2)c(Cl)n1. The van der Waals surface area contributed by atoms with E-state index in [4.69, 9.17) is 11.6 Å². The average Bonchev–Trinajstić information content (AvgIpc) is 1.97. The van der Waals surface area contributed by atoms with E-state index in [1.165, 1.54) is 0 Å². The topological polar surface area (TPSA) is 30.0 Å². The molecule has 1 aliphatic rings. The number of carbonyl (C=O) groups excluding carboxylic acids is 1. The number of hydrogen-bond donors (Lipinski definition) is 0. The van der Waals surface area contributed by atoms with Crippen molar-refractivity contribution in [3.8, 4) is 0 Å². The highest BCUT2D eigenvalue weighted by atomic mass is 35.5. The highest BCUT2D eigenvalue weighted by Gasteiger charge is 2.29. The van der Waals surface area contributed by atoms with Crippen LogP contribution in [0.4, 0.5) is 0 Å². The van der Waals surface area contributed by atoms with Gasteiger partial charge in [-0.15, -0.1) is 0 Å². The van der Waals surface area contributed by atoms with Crippen LogP contribution >= 0.6 is 11.6 Å². The van der Waals surface area contributed by atoms with Crippen LogP contribution in [0.1, 0.15) is 40.9 Å². The third-order valence-corrected chi connectivity index (χ3v) is 3.30. The Kier molecular flexibility index (Phi) is 2.79. The molecule has 0 amide bonds. The normalized spacial score (nSPS) is 16.2. The van der Waals surface area contributed by atoms with Crippen LogP contribution in [0.5, 0.6) is 0 Å². The summed E-state index contributed by atoms with van der Waals surface area (Å²) in [5.74, 6) is 0.363. The number of carbonyl (C=O) groups is 1. The molecule has 2 rings (SSSR count). The first-order chi connectivity index (χ1) is 7.09. The minimum atomic E-state index is 0.177. The maximum Gasteiger partial charge on any atom is 0.169 e. The summed E-state index contributed by atoms with van der Waals surface area (Å²) >= 11 is 6.02. The highest BCUT2D eigenvalue weighted by Crippen LogP contribution is 2.32. The summed E-state index contributed by atoms with van der Waals surface area (Å²) in [4.78, 5) is 16.2. The van der Waals surface area contributed by atoms with Gasteiger partial charge in [-0.2, -0.15) is 0 Å². The minimum absolute atomic E-state index is 0.177. The molecule has 0 saturated heterocycles. The van der Waals surface area contributed by atoms with Crippen molar-refractivity contribution in [1.29, 1.82) is 0 Å². The molecule has 0 bridgehead atoms. The van der Waals surface area contributed by atoms with Gasteiger partial charge >= 0.3 is 0 Å². The van der Waals surface area contributed by atoms with Crippen LogP contribution in [0.3, 0.4) is 0 Å². The van der Waals surface area contributed by atoms with Gasteiger partial charge < -0.3 is 0 Å². The first kappa shape index (κ1) is 10.6. The Labute approximate surface area is 94.7 Å². The molecule has 80 valence electrons. The van der Waals surface area contributed by atoms with Crippen LogP contribution in [0, 0.1) is 19.8 Å². The summed E-state index contributed by atoms with van der Waals surface area (Å²) in [7, 11) is 0. The Morgan fingerprint density at radius 1 is 1.47 bits per heavy atom. The monoisotopic (exact) mass is 223 g/mol. The molecule has 15 heavy (non-hydrogen) atoms. The molecule has 1 saturated carbocycles. The number of hydrogen-bond acceptors (Lipinski definition) is 2. The molecule has 0 N–H and O–H groups in total. The van der Waals surface area contributed by atoms with Crippen LogP contribution in [-0.2, 0) is 0 Å². The van der Waals surface area contributed by atoms with Gasteiger partial charge in [-0.1, -0.05) is 18.0 Å². The second-order valence-corrected chi connectivity index (χ2v) is 4.60. The molecular weight excluding hydrogens is 210 g/mol. The molecular formula is C12H14ClNO. The van der Waals surface area contributed by atoms with E-state index in [-0.39, 0.29) is 11.7 Å². The smallest absolute Gasteiger partial charge is 0.169 e. The zero-order chi connectivity index (χ0) is 11.0. The molecule has 3 heteroatoms. The summed E-state index contributed by atoms with van der Waals surface area (Å²) in [5, 5.41) is 0.365. The predicted molar refractivity (Wildman–Crippen MR) is 60.4 cm³/mol. The summed E-state index contributed by atoms with van der Waals surface area (Å²) in [5.41, 5.74) is 2.44. The van der Waals surface area contributed by atoms with Gasteiger partial charge in [0.25, 0.3) is 0 Å². The number of aromatic nitrogens is 1. The molecule has 1 aromatic heterocycles. The van der Waals surface area contributed by atoms with Crippen LogP contribution in [-0.4, -0.2) is 10.8 Å². The number of Topliss-reactive ketones (excluding diaryl/α,β-unsaturated/α-hetero) is 1. The van der Waals surface area contributed by atoms with Crippen molar-refractivity contribution in [3.63, 3.8) is 0 Å². The zero-order valence-corrected chi connectivity index (χ0v) is 9.77. The van der Waals surface area contributed by atoms with Gasteiger partial charge in [-0.25, -0.2) is 4.98 Å². The fourth-order valence-corrected chi connectivity index (χ4v) is 2.34. The lowest BCUT2D eigenvalue weighted by atomic mass is 9.79. The molecule has 0 unspecified atom stereocenters. The lowest BCUT2D eigenvalue weighted by Gasteiger charge is -2.24. The third-order valence-electron chi connectivity index (χ3n) is 3.02. The standard InChI is InChI=1S/C12H14ClNO/c1-7-6-8(2)14-12(13)10(7)11(15)9-4-3-5-9/h6,9H,3-5H2,1-2H3. The zero-order valence-electron chi connectivity index (χ0n) is 9.01. The lowest BCUT2D eigenvalue weighted by Crippen LogP contribution is -2.23. The van der Waals surface area contributed by atoms with Gasteiger partial charge in [0.05, 0.1) is 5.56 Å². The Hall–Kier alpha value is -0.890. The Morgan fingerprint density at radius 3 is 2.60 bits per heavy atom. The molecule has 0 aliphatic heterocycles. The van der Waals surface area contributed by atoms with Gasteiger partial charge in [-0.3, -0.25) is 4.79 Å². The quantitative estimate of drug-likeness (QED) is 0.569. The van der Waals surface area contributed by atoms with E-state index < -0.39 is 0 Å². The van der Waals surface area contributed by atoms with Crippen molar-refractivity contribution < 1.29 is 4.79 Å². The number of ketones is 1. The molecule has 0 radical (unpaired) electrons. The fourth-order valence-electron chi connectivity index (χ4n) is 1.96. The van der Waals surface area contributed by atoms with E-state index in [1.807, 2.05) is 19.9 Å². The molecule has 1 heterocycles. The maximum absolute atomic E-state index is 12.1. The highest BCUT2D eigenvalue weighted by molar-refractivity contribution is 6.33. The van der Waals surface area contributed by atoms with Crippen LogP contribution in [0.15, 0.2) is 6.07 Å². The van der Waals surface area contributed by atoms with Crippen LogP contribution < -0.4 is 0 Å². The molecule has 1 aromatic rings. The Bertz CT molecular complexity index is 387. The van der Waals surface area contributed by atoms with E-state index in [0.29, 0.717) is 10.7 Å². The second kappa shape index (κ2) is 3.93. The summed E-state index contributed by atoms with van der Waals surface area (Å²) in [6.07, 6.45) is 3.16. The fraction of sp³-hybridized carbons (Fsp3) is 0.500. The summed E-state index contributed by atoms with van der Waals surface area (Å²) in [6.45, 7) is 3.81. The van der Waals surface area contributed by atoms with Crippen LogP contribution in [0.2, 0.25) is 5.15 Å². The third kappa shape index (κ3) is 1.91. The van der Waals surface area contributed by atoms with E-state index in [2.05, 4.69) is 4.98 Å². The first-order valence-electron chi connectivity index (χ1n) is 5.27. The van der Waals surface area contributed by atoms with Crippen molar-refractivity contribution in [3.05, 3.63) is 28.0 Å². The molecule has 1 aliphatic carbocycles. The van der Waals surface area contributed by atoms with Crippen LogP contribution in [0.25, 0.3) is 0 Å². The lowest BCUT2D eigenvalue weighted by molar-refractivity contribution is 0.0854. The maximum atomic E-state index is 12.1. The molecule has 0 aromatic carbocycles. The molecule has 0 spiro atoms. The number of pyridine rings is 1. The first-order valence-corrected chi connectivity index (χ1v) is 5.65. The summed E-state index contributed by atoms with van der Waals surface area (Å²) in [6, 6.07) is 1.91. The predicted octanol–water partition coefficient (Wildman–Crippen LogP) is 3.33. The van der Waals surface area contributed by atoms with E-state index >= 15 is 0 Å². The van der Waals surface area contributed by atoms with E-state index in [0.717, 1.165) is 30.5 Å². The number of halogens is 1. The van der Waals surface area contributed by atoms with Crippen molar-refractivity contribution in [2.45, 2.75) is 33.1 Å². The van der Waals surface area contributed by atoms with Crippen molar-refractivity contribution >= 4 is 17.4 Å².